The zero-order valence-electron chi connectivity index (χ0n) is 12.5. The minimum absolute atomic E-state index is 0.0217. The highest BCUT2D eigenvalue weighted by molar-refractivity contribution is 7.11. The van der Waals surface area contributed by atoms with Gasteiger partial charge in [-0.15, -0.1) is 11.3 Å². The molecule has 0 aliphatic rings. The molecule has 1 aromatic heterocycles. The molecule has 5 heteroatoms. The predicted octanol–water partition coefficient (Wildman–Crippen LogP) is 2.92. The van der Waals surface area contributed by atoms with E-state index in [0.717, 1.165) is 15.4 Å². The van der Waals surface area contributed by atoms with E-state index in [4.69, 9.17) is 0 Å². The maximum Gasteiger partial charge on any atom is 0.271 e. The molecule has 1 heterocycles. The molecule has 1 amide bonds. The highest BCUT2D eigenvalue weighted by Gasteiger charge is 2.19. The SMILES string of the molecule is Cc1ccc([C@@H](CCO)NC(=O)c2nc(C)sc2C)cc1. The van der Waals surface area contributed by atoms with Crippen molar-refractivity contribution < 1.29 is 9.90 Å². The van der Waals surface area contributed by atoms with Crippen LogP contribution in [0.3, 0.4) is 0 Å². The van der Waals surface area contributed by atoms with E-state index < -0.39 is 0 Å². The number of benzene rings is 1. The van der Waals surface area contributed by atoms with Gasteiger partial charge in [0, 0.05) is 11.5 Å². The summed E-state index contributed by atoms with van der Waals surface area (Å²) in [6.07, 6.45) is 0.483. The minimum Gasteiger partial charge on any atom is -0.396 e. The van der Waals surface area contributed by atoms with E-state index in [-0.39, 0.29) is 18.6 Å². The Hall–Kier alpha value is -1.72. The first kappa shape index (κ1) is 15.7. The van der Waals surface area contributed by atoms with E-state index in [9.17, 15) is 9.90 Å². The Balaban J connectivity index is 2.18. The lowest BCUT2D eigenvalue weighted by Gasteiger charge is -2.18. The number of carbonyl (C=O) groups is 1. The fourth-order valence-electron chi connectivity index (χ4n) is 2.22. The monoisotopic (exact) mass is 304 g/mol. The Kier molecular flexibility index (Phi) is 5.09. The molecule has 0 bridgehead atoms. The molecule has 2 rings (SSSR count). The third-order valence-electron chi connectivity index (χ3n) is 3.32. The Labute approximate surface area is 128 Å². The van der Waals surface area contributed by atoms with Crippen molar-refractivity contribution in [1.29, 1.82) is 0 Å². The first-order valence-corrected chi connectivity index (χ1v) is 7.75. The summed E-state index contributed by atoms with van der Waals surface area (Å²) < 4.78 is 0. The molecule has 4 nitrogen and oxygen atoms in total. The Morgan fingerprint density at radius 2 is 1.95 bits per heavy atom. The van der Waals surface area contributed by atoms with Crippen LogP contribution in [-0.2, 0) is 0 Å². The molecule has 0 aliphatic heterocycles. The molecule has 0 fully saturated rings. The van der Waals surface area contributed by atoms with Gasteiger partial charge in [-0.2, -0.15) is 0 Å². The van der Waals surface area contributed by atoms with Gasteiger partial charge in [0.1, 0.15) is 5.69 Å². The van der Waals surface area contributed by atoms with Crippen LogP contribution >= 0.6 is 11.3 Å². The van der Waals surface area contributed by atoms with Gasteiger partial charge in [0.05, 0.1) is 11.0 Å². The maximum absolute atomic E-state index is 12.4. The van der Waals surface area contributed by atoms with Crippen LogP contribution in [0.25, 0.3) is 0 Å². The molecule has 0 aliphatic carbocycles. The highest BCUT2D eigenvalue weighted by atomic mass is 32.1. The summed E-state index contributed by atoms with van der Waals surface area (Å²) in [5.41, 5.74) is 2.64. The first-order chi connectivity index (χ1) is 10.0. The number of hydrogen-bond donors (Lipinski definition) is 2. The van der Waals surface area contributed by atoms with Crippen molar-refractivity contribution in [1.82, 2.24) is 10.3 Å². The number of amides is 1. The van der Waals surface area contributed by atoms with Crippen LogP contribution in [0.5, 0.6) is 0 Å². The van der Waals surface area contributed by atoms with E-state index in [2.05, 4.69) is 10.3 Å². The summed E-state index contributed by atoms with van der Waals surface area (Å²) in [7, 11) is 0. The van der Waals surface area contributed by atoms with E-state index in [1.807, 2.05) is 45.0 Å². The Morgan fingerprint density at radius 3 is 2.48 bits per heavy atom. The zero-order chi connectivity index (χ0) is 15.4. The molecular weight excluding hydrogens is 284 g/mol. The van der Waals surface area contributed by atoms with Gasteiger partial charge >= 0.3 is 0 Å². The Morgan fingerprint density at radius 1 is 1.29 bits per heavy atom. The second kappa shape index (κ2) is 6.83. The largest absolute Gasteiger partial charge is 0.396 e. The summed E-state index contributed by atoms with van der Waals surface area (Å²) in [4.78, 5) is 17.5. The molecule has 0 radical (unpaired) electrons. The van der Waals surface area contributed by atoms with Crippen LogP contribution in [0, 0.1) is 20.8 Å². The number of aliphatic hydroxyl groups excluding tert-OH is 1. The third kappa shape index (κ3) is 3.89. The van der Waals surface area contributed by atoms with Gasteiger partial charge in [0.2, 0.25) is 0 Å². The van der Waals surface area contributed by atoms with Crippen LogP contribution in [0.2, 0.25) is 0 Å². The first-order valence-electron chi connectivity index (χ1n) is 6.93. The number of aromatic nitrogens is 1. The average molecular weight is 304 g/mol. The second-order valence-electron chi connectivity index (χ2n) is 5.09. The second-order valence-corrected chi connectivity index (χ2v) is 6.49. The van der Waals surface area contributed by atoms with Crippen molar-refractivity contribution in [3.8, 4) is 0 Å². The van der Waals surface area contributed by atoms with Gasteiger partial charge < -0.3 is 10.4 Å². The highest BCUT2D eigenvalue weighted by Crippen LogP contribution is 2.20. The number of rotatable bonds is 5. The molecule has 21 heavy (non-hydrogen) atoms. The van der Waals surface area contributed by atoms with Crippen molar-refractivity contribution in [2.75, 3.05) is 6.61 Å². The number of carbonyl (C=O) groups excluding carboxylic acids is 1. The van der Waals surface area contributed by atoms with Crippen LogP contribution in [0.1, 0.15) is 44.0 Å². The van der Waals surface area contributed by atoms with E-state index in [0.29, 0.717) is 12.1 Å². The topological polar surface area (TPSA) is 62.2 Å². The van der Waals surface area contributed by atoms with Gasteiger partial charge in [-0.25, -0.2) is 4.98 Å². The summed E-state index contributed by atoms with van der Waals surface area (Å²) in [5.74, 6) is -0.184. The van der Waals surface area contributed by atoms with Crippen LogP contribution in [0.15, 0.2) is 24.3 Å². The number of aliphatic hydroxyl groups is 1. The average Bonchev–Trinajstić information content (AvgIpc) is 2.78. The van der Waals surface area contributed by atoms with Crippen molar-refractivity contribution in [2.45, 2.75) is 33.2 Å². The molecule has 0 saturated heterocycles. The third-order valence-corrected chi connectivity index (χ3v) is 4.21. The molecule has 112 valence electrons. The lowest BCUT2D eigenvalue weighted by atomic mass is 10.0. The summed E-state index contributed by atoms with van der Waals surface area (Å²) in [6, 6.07) is 7.77. The molecule has 2 aromatic rings. The molecule has 0 saturated carbocycles. The fourth-order valence-corrected chi connectivity index (χ4v) is 3.03. The van der Waals surface area contributed by atoms with Crippen molar-refractivity contribution in [3.63, 3.8) is 0 Å². The van der Waals surface area contributed by atoms with Crippen molar-refractivity contribution >= 4 is 17.2 Å². The van der Waals surface area contributed by atoms with Crippen LogP contribution < -0.4 is 5.32 Å². The van der Waals surface area contributed by atoms with Gasteiger partial charge in [0.15, 0.2) is 0 Å². The van der Waals surface area contributed by atoms with E-state index in [1.165, 1.54) is 16.9 Å². The Bertz CT molecular complexity index is 620. The van der Waals surface area contributed by atoms with Gasteiger partial charge in [-0.1, -0.05) is 29.8 Å². The number of nitrogens with one attached hydrogen (secondary N) is 1. The molecule has 2 N–H and O–H groups in total. The number of nitrogens with zero attached hydrogens (tertiary/aromatic N) is 1. The van der Waals surface area contributed by atoms with E-state index in [1.54, 1.807) is 0 Å². The van der Waals surface area contributed by atoms with E-state index >= 15 is 0 Å². The van der Waals surface area contributed by atoms with Crippen molar-refractivity contribution in [3.05, 3.63) is 51.0 Å². The van der Waals surface area contributed by atoms with Gasteiger partial charge in [-0.3, -0.25) is 4.79 Å². The fraction of sp³-hybridized carbons (Fsp3) is 0.375. The molecule has 1 atom stereocenters. The zero-order valence-corrected chi connectivity index (χ0v) is 13.3. The van der Waals surface area contributed by atoms with Crippen LogP contribution in [-0.4, -0.2) is 22.6 Å². The van der Waals surface area contributed by atoms with Gasteiger partial charge in [-0.05, 0) is 32.8 Å². The summed E-state index contributed by atoms with van der Waals surface area (Å²) in [6.45, 7) is 5.82. The maximum atomic E-state index is 12.4. The molecule has 0 spiro atoms. The number of aryl methyl sites for hydroxylation is 3. The summed E-state index contributed by atoms with van der Waals surface area (Å²) in [5, 5.41) is 13.1. The lowest BCUT2D eigenvalue weighted by molar-refractivity contribution is 0.0925. The predicted molar refractivity (Wildman–Crippen MR) is 84.7 cm³/mol. The number of hydrogen-bond acceptors (Lipinski definition) is 4. The number of thiazole rings is 1. The molecular formula is C16H20N2O2S. The van der Waals surface area contributed by atoms with Crippen LogP contribution in [0.4, 0.5) is 0 Å². The molecule has 0 unspecified atom stereocenters. The lowest BCUT2D eigenvalue weighted by Crippen LogP contribution is -2.30. The minimum atomic E-state index is -0.204. The molecule has 1 aromatic carbocycles. The normalized spacial score (nSPS) is 12.2. The quantitative estimate of drug-likeness (QED) is 0.893. The van der Waals surface area contributed by atoms with Crippen molar-refractivity contribution in [2.24, 2.45) is 0 Å². The summed E-state index contributed by atoms with van der Waals surface area (Å²) >= 11 is 1.51. The van der Waals surface area contributed by atoms with Gasteiger partial charge in [0.25, 0.3) is 5.91 Å². The standard InChI is InChI=1S/C16H20N2O2S/c1-10-4-6-13(7-5-10)14(8-9-19)18-16(20)15-11(2)21-12(3)17-15/h4-7,14,19H,8-9H2,1-3H3,(H,18,20)/t14-/m1/s1. The smallest absolute Gasteiger partial charge is 0.271 e.